The minimum atomic E-state index is -4.63. The van der Waals surface area contributed by atoms with Crippen molar-refractivity contribution in [2.75, 3.05) is 13.2 Å². The molecule has 1 fully saturated rings. The number of carbonyl (C=O) groups excluding carboxylic acids is 1. The Morgan fingerprint density at radius 2 is 1.61 bits per heavy atom. The van der Waals surface area contributed by atoms with Gasteiger partial charge in [0.1, 0.15) is 6.61 Å². The molecule has 2 aliphatic rings. The molecule has 0 bridgehead atoms. The fraction of sp³-hybridized carbons (Fsp3) is 0.381. The maximum Gasteiger partial charge on any atom is 0.417 e. The van der Waals surface area contributed by atoms with E-state index in [-0.39, 0.29) is 19.1 Å². The third kappa shape index (κ3) is 3.24. The van der Waals surface area contributed by atoms with Crippen LogP contribution in [0.2, 0.25) is 0 Å². The lowest BCUT2D eigenvalue weighted by Gasteiger charge is -2.44. The fourth-order valence-corrected chi connectivity index (χ4v) is 4.15. The van der Waals surface area contributed by atoms with Crippen LogP contribution in [0, 0.1) is 5.92 Å². The summed E-state index contributed by atoms with van der Waals surface area (Å²) >= 11 is 0. The number of ether oxygens (including phenoxy) is 1. The first-order chi connectivity index (χ1) is 13.3. The molecule has 148 valence electrons. The molecule has 28 heavy (non-hydrogen) atoms. The Morgan fingerprint density at radius 3 is 2.14 bits per heavy atom. The molecular formula is C21H20F3NO3. The third-order valence-electron chi connectivity index (χ3n) is 5.66. The SMILES string of the molecule is O=C(NCC1CC(O)(C(F)(F)F)C1)OCC1c2ccccc2-c2ccccc21. The Morgan fingerprint density at radius 1 is 1.07 bits per heavy atom. The van der Waals surface area contributed by atoms with Gasteiger partial charge < -0.3 is 15.2 Å². The predicted octanol–water partition coefficient (Wildman–Crippen LogP) is 4.23. The van der Waals surface area contributed by atoms with Crippen molar-refractivity contribution in [1.82, 2.24) is 5.32 Å². The summed E-state index contributed by atoms with van der Waals surface area (Å²) in [5, 5.41) is 12.0. The zero-order valence-corrected chi connectivity index (χ0v) is 15.0. The van der Waals surface area contributed by atoms with E-state index in [0.717, 1.165) is 22.3 Å². The van der Waals surface area contributed by atoms with E-state index in [9.17, 15) is 23.1 Å². The average molecular weight is 391 g/mol. The van der Waals surface area contributed by atoms with Gasteiger partial charge in [-0.15, -0.1) is 0 Å². The first-order valence-electron chi connectivity index (χ1n) is 9.16. The number of hydrogen-bond donors (Lipinski definition) is 2. The monoisotopic (exact) mass is 391 g/mol. The van der Waals surface area contributed by atoms with E-state index in [1.807, 2.05) is 48.5 Å². The summed E-state index contributed by atoms with van der Waals surface area (Å²) in [6.45, 7) is 0.200. The number of benzene rings is 2. The maximum absolute atomic E-state index is 12.6. The second kappa shape index (κ2) is 6.81. The minimum absolute atomic E-state index is 0.0507. The van der Waals surface area contributed by atoms with E-state index in [1.54, 1.807) is 0 Å². The molecule has 0 saturated heterocycles. The molecule has 1 amide bonds. The van der Waals surface area contributed by atoms with Crippen LogP contribution in [-0.2, 0) is 4.74 Å². The van der Waals surface area contributed by atoms with Gasteiger partial charge in [-0.05, 0) is 41.0 Å². The highest BCUT2D eigenvalue weighted by molar-refractivity contribution is 5.79. The molecule has 7 heteroatoms. The smallest absolute Gasteiger partial charge is 0.417 e. The van der Waals surface area contributed by atoms with Crippen molar-refractivity contribution in [3.8, 4) is 11.1 Å². The molecule has 1 saturated carbocycles. The number of amides is 1. The van der Waals surface area contributed by atoms with Crippen LogP contribution >= 0.6 is 0 Å². The molecule has 0 aliphatic heterocycles. The van der Waals surface area contributed by atoms with Crippen LogP contribution in [0.3, 0.4) is 0 Å². The quantitative estimate of drug-likeness (QED) is 0.820. The number of rotatable bonds is 4. The largest absolute Gasteiger partial charge is 0.449 e. The number of nitrogens with one attached hydrogen (secondary N) is 1. The number of hydrogen-bond acceptors (Lipinski definition) is 3. The van der Waals surface area contributed by atoms with E-state index in [2.05, 4.69) is 5.32 Å². The van der Waals surface area contributed by atoms with Crippen LogP contribution in [0.5, 0.6) is 0 Å². The Balaban J connectivity index is 1.31. The second-order valence-electron chi connectivity index (χ2n) is 7.51. The van der Waals surface area contributed by atoms with Crippen LogP contribution in [0.1, 0.15) is 29.9 Å². The van der Waals surface area contributed by atoms with Gasteiger partial charge in [-0.25, -0.2) is 4.79 Å². The lowest BCUT2D eigenvalue weighted by Crippen LogP contribution is -2.57. The number of carbonyl (C=O) groups is 1. The van der Waals surface area contributed by atoms with E-state index in [4.69, 9.17) is 4.74 Å². The molecule has 0 unspecified atom stereocenters. The van der Waals surface area contributed by atoms with Gasteiger partial charge in [0, 0.05) is 12.5 Å². The number of aliphatic hydroxyl groups is 1. The number of alkyl halides is 3. The molecular weight excluding hydrogens is 371 g/mol. The van der Waals surface area contributed by atoms with Gasteiger partial charge in [-0.1, -0.05) is 48.5 Å². The van der Waals surface area contributed by atoms with Crippen molar-refractivity contribution in [1.29, 1.82) is 0 Å². The molecule has 4 rings (SSSR count). The fourth-order valence-electron chi connectivity index (χ4n) is 4.15. The molecule has 0 heterocycles. The summed E-state index contributed by atoms with van der Waals surface area (Å²) < 4.78 is 43.2. The van der Waals surface area contributed by atoms with Gasteiger partial charge in [-0.3, -0.25) is 0 Å². The van der Waals surface area contributed by atoms with Crippen LogP contribution in [-0.4, -0.2) is 36.1 Å². The van der Waals surface area contributed by atoms with Crippen molar-refractivity contribution in [2.24, 2.45) is 5.92 Å². The molecule has 2 N–H and O–H groups in total. The first-order valence-corrected chi connectivity index (χ1v) is 9.16. The maximum atomic E-state index is 12.6. The van der Waals surface area contributed by atoms with Gasteiger partial charge >= 0.3 is 12.3 Å². The van der Waals surface area contributed by atoms with Crippen molar-refractivity contribution in [3.63, 3.8) is 0 Å². The molecule has 0 radical (unpaired) electrons. The van der Waals surface area contributed by atoms with E-state index in [1.165, 1.54) is 0 Å². The van der Waals surface area contributed by atoms with Crippen LogP contribution in [0.15, 0.2) is 48.5 Å². The zero-order valence-electron chi connectivity index (χ0n) is 15.0. The van der Waals surface area contributed by atoms with E-state index < -0.39 is 36.6 Å². The van der Waals surface area contributed by atoms with Gasteiger partial charge in [0.2, 0.25) is 0 Å². The average Bonchev–Trinajstić information content (AvgIpc) is 2.95. The molecule has 2 aromatic carbocycles. The highest BCUT2D eigenvalue weighted by atomic mass is 19.4. The first kappa shape index (κ1) is 18.8. The summed E-state index contributed by atoms with van der Waals surface area (Å²) in [5.41, 5.74) is 1.79. The Kier molecular flexibility index (Phi) is 4.57. The topological polar surface area (TPSA) is 58.6 Å². The van der Waals surface area contributed by atoms with Crippen LogP contribution < -0.4 is 5.32 Å². The molecule has 4 nitrogen and oxygen atoms in total. The highest BCUT2D eigenvalue weighted by Crippen LogP contribution is 2.48. The van der Waals surface area contributed by atoms with Crippen LogP contribution in [0.25, 0.3) is 11.1 Å². The standard InChI is InChI=1S/C21H20F3NO3/c22-21(23,24)20(27)9-13(10-20)11-25-19(26)28-12-18-16-7-3-1-5-14(16)15-6-2-4-8-17(15)18/h1-8,13,18,27H,9-12H2,(H,25,26). The van der Waals surface area contributed by atoms with Gasteiger partial charge in [-0.2, -0.15) is 13.2 Å². The molecule has 0 spiro atoms. The summed E-state index contributed by atoms with van der Waals surface area (Å²) in [6, 6.07) is 15.9. The Hall–Kier alpha value is -2.54. The van der Waals surface area contributed by atoms with Gasteiger partial charge in [0.25, 0.3) is 0 Å². The predicted molar refractivity (Wildman–Crippen MR) is 96.8 cm³/mol. The Labute approximate surface area is 160 Å². The number of halogens is 3. The van der Waals surface area contributed by atoms with E-state index >= 15 is 0 Å². The normalized spacial score (nSPS) is 23.5. The Bertz CT molecular complexity index is 845. The summed E-state index contributed by atoms with van der Waals surface area (Å²) in [4.78, 5) is 12.0. The van der Waals surface area contributed by atoms with Crippen molar-refractivity contribution < 1.29 is 27.8 Å². The lowest BCUT2D eigenvalue weighted by molar-refractivity contribution is -0.298. The van der Waals surface area contributed by atoms with Crippen LogP contribution in [0.4, 0.5) is 18.0 Å². The zero-order chi connectivity index (χ0) is 19.9. The number of fused-ring (bicyclic) bond motifs is 3. The minimum Gasteiger partial charge on any atom is -0.449 e. The molecule has 0 atom stereocenters. The summed E-state index contributed by atoms with van der Waals surface area (Å²) in [7, 11) is 0. The second-order valence-corrected chi connectivity index (χ2v) is 7.51. The van der Waals surface area contributed by atoms with E-state index in [0.29, 0.717) is 0 Å². The molecule has 2 aliphatic carbocycles. The van der Waals surface area contributed by atoms with Gasteiger partial charge in [0.15, 0.2) is 5.60 Å². The summed E-state index contributed by atoms with van der Waals surface area (Å²) in [6.07, 6.45) is -6.10. The third-order valence-corrected chi connectivity index (χ3v) is 5.66. The molecule has 2 aromatic rings. The highest BCUT2D eigenvalue weighted by Gasteiger charge is 2.60. The number of alkyl carbamates (subject to hydrolysis) is 1. The van der Waals surface area contributed by atoms with Crippen molar-refractivity contribution in [3.05, 3.63) is 59.7 Å². The van der Waals surface area contributed by atoms with Crippen molar-refractivity contribution >= 4 is 6.09 Å². The summed E-state index contributed by atoms with van der Waals surface area (Å²) in [5.74, 6) is -0.482. The van der Waals surface area contributed by atoms with Crippen molar-refractivity contribution in [2.45, 2.75) is 30.5 Å². The molecule has 0 aromatic heterocycles. The lowest BCUT2D eigenvalue weighted by atomic mass is 9.70. The van der Waals surface area contributed by atoms with Gasteiger partial charge in [0.05, 0.1) is 0 Å².